The maximum atomic E-state index is 11.8. The van der Waals surface area contributed by atoms with Gasteiger partial charge >= 0.3 is 0 Å². The third-order valence-electron chi connectivity index (χ3n) is 2.92. The summed E-state index contributed by atoms with van der Waals surface area (Å²) in [5, 5.41) is 3.65. The van der Waals surface area contributed by atoms with Gasteiger partial charge in [-0.05, 0) is 36.4 Å². The number of nitrogens with one attached hydrogen (secondary N) is 1. The van der Waals surface area contributed by atoms with Gasteiger partial charge in [0, 0.05) is 20.7 Å². The molecular weight excluding hydrogens is 356 g/mol. The standard InChI is InChI=1S/C15H14BrClN2O2/c1-21-13-6-5-9(16)7-12(13)14(15(18)20)19-11-4-2-3-10(17)8-11/h2-8,14,19H,1H3,(H2,18,20). The summed E-state index contributed by atoms with van der Waals surface area (Å²) in [7, 11) is 1.55. The van der Waals surface area contributed by atoms with Gasteiger partial charge in [0.1, 0.15) is 11.8 Å². The Morgan fingerprint density at radius 2 is 2.10 bits per heavy atom. The van der Waals surface area contributed by atoms with Crippen molar-refractivity contribution in [1.82, 2.24) is 0 Å². The van der Waals surface area contributed by atoms with Gasteiger partial charge in [-0.2, -0.15) is 0 Å². The van der Waals surface area contributed by atoms with Crippen molar-refractivity contribution in [3.05, 3.63) is 57.5 Å². The van der Waals surface area contributed by atoms with Crippen LogP contribution in [0, 0.1) is 0 Å². The summed E-state index contributed by atoms with van der Waals surface area (Å²) in [4.78, 5) is 11.8. The molecule has 21 heavy (non-hydrogen) atoms. The summed E-state index contributed by atoms with van der Waals surface area (Å²) >= 11 is 9.33. The van der Waals surface area contributed by atoms with Crippen LogP contribution in [0.25, 0.3) is 0 Å². The second-order valence-corrected chi connectivity index (χ2v) is 5.73. The van der Waals surface area contributed by atoms with Crippen LogP contribution in [0.3, 0.4) is 0 Å². The van der Waals surface area contributed by atoms with Crippen molar-refractivity contribution in [3.8, 4) is 5.75 Å². The van der Waals surface area contributed by atoms with Crippen LogP contribution in [-0.2, 0) is 4.79 Å². The van der Waals surface area contributed by atoms with Crippen LogP contribution in [0.5, 0.6) is 5.75 Å². The van der Waals surface area contributed by atoms with E-state index in [1.807, 2.05) is 12.1 Å². The number of carbonyl (C=O) groups excluding carboxylic acids is 1. The number of methoxy groups -OCH3 is 1. The molecule has 110 valence electrons. The molecule has 2 aromatic rings. The fourth-order valence-electron chi connectivity index (χ4n) is 1.98. The molecule has 3 N–H and O–H groups in total. The van der Waals surface area contributed by atoms with Gasteiger partial charge in [-0.15, -0.1) is 0 Å². The van der Waals surface area contributed by atoms with Crippen LogP contribution in [-0.4, -0.2) is 13.0 Å². The van der Waals surface area contributed by atoms with E-state index in [0.29, 0.717) is 22.0 Å². The molecule has 4 nitrogen and oxygen atoms in total. The molecule has 0 bridgehead atoms. The van der Waals surface area contributed by atoms with E-state index in [1.54, 1.807) is 37.4 Å². The number of hydrogen-bond acceptors (Lipinski definition) is 3. The van der Waals surface area contributed by atoms with E-state index in [9.17, 15) is 4.79 Å². The zero-order chi connectivity index (χ0) is 15.4. The van der Waals surface area contributed by atoms with Gasteiger partial charge in [0.15, 0.2) is 0 Å². The van der Waals surface area contributed by atoms with E-state index in [2.05, 4.69) is 21.2 Å². The molecule has 0 radical (unpaired) electrons. The first-order valence-corrected chi connectivity index (χ1v) is 7.33. The minimum atomic E-state index is -0.726. The molecular formula is C15H14BrClN2O2. The van der Waals surface area contributed by atoms with Crippen LogP contribution in [0.4, 0.5) is 5.69 Å². The van der Waals surface area contributed by atoms with Crippen molar-refractivity contribution in [1.29, 1.82) is 0 Å². The Bertz CT molecular complexity index is 664. The summed E-state index contributed by atoms with van der Waals surface area (Å²) in [6.45, 7) is 0. The van der Waals surface area contributed by atoms with Crippen molar-refractivity contribution >= 4 is 39.1 Å². The Labute approximate surface area is 136 Å². The van der Waals surface area contributed by atoms with Crippen LogP contribution in [0.15, 0.2) is 46.9 Å². The monoisotopic (exact) mass is 368 g/mol. The Morgan fingerprint density at radius 3 is 2.71 bits per heavy atom. The van der Waals surface area contributed by atoms with Crippen LogP contribution in [0.1, 0.15) is 11.6 Å². The second-order valence-electron chi connectivity index (χ2n) is 4.38. The molecule has 0 aliphatic rings. The average molecular weight is 370 g/mol. The lowest BCUT2D eigenvalue weighted by Gasteiger charge is -2.20. The normalized spacial score (nSPS) is 11.8. The minimum absolute atomic E-state index is 0.508. The zero-order valence-electron chi connectivity index (χ0n) is 11.3. The molecule has 2 aromatic carbocycles. The average Bonchev–Trinajstić information content (AvgIpc) is 2.44. The number of anilines is 1. The highest BCUT2D eigenvalue weighted by Gasteiger charge is 2.22. The number of ether oxygens (including phenoxy) is 1. The number of hydrogen-bond donors (Lipinski definition) is 2. The van der Waals surface area contributed by atoms with Gasteiger partial charge in [0.2, 0.25) is 5.91 Å². The van der Waals surface area contributed by atoms with E-state index in [4.69, 9.17) is 22.1 Å². The van der Waals surface area contributed by atoms with Crippen molar-refractivity contribution in [2.75, 3.05) is 12.4 Å². The first-order chi connectivity index (χ1) is 10.0. The third kappa shape index (κ3) is 3.89. The predicted octanol–water partition coefficient (Wildman–Crippen LogP) is 3.75. The summed E-state index contributed by atoms with van der Waals surface area (Å²) in [6, 6.07) is 11.8. The summed E-state index contributed by atoms with van der Waals surface area (Å²) in [5.74, 6) is 0.0721. The molecule has 0 saturated heterocycles. The molecule has 2 rings (SSSR count). The molecule has 0 heterocycles. The molecule has 6 heteroatoms. The molecule has 0 saturated carbocycles. The molecule has 0 aliphatic heterocycles. The molecule has 1 atom stereocenters. The number of rotatable bonds is 5. The molecule has 0 spiro atoms. The Balaban J connectivity index is 2.40. The molecule has 0 aromatic heterocycles. The van der Waals surface area contributed by atoms with E-state index in [-0.39, 0.29) is 0 Å². The Morgan fingerprint density at radius 1 is 1.33 bits per heavy atom. The number of amides is 1. The van der Waals surface area contributed by atoms with Crippen molar-refractivity contribution in [3.63, 3.8) is 0 Å². The second kappa shape index (κ2) is 6.83. The van der Waals surface area contributed by atoms with Crippen molar-refractivity contribution < 1.29 is 9.53 Å². The lowest BCUT2D eigenvalue weighted by atomic mass is 10.0. The van der Waals surface area contributed by atoms with Gasteiger partial charge in [-0.3, -0.25) is 4.79 Å². The molecule has 1 amide bonds. The number of benzene rings is 2. The number of primary amides is 1. The van der Waals surface area contributed by atoms with Gasteiger partial charge in [-0.1, -0.05) is 33.6 Å². The highest BCUT2D eigenvalue weighted by Crippen LogP contribution is 2.31. The summed E-state index contributed by atoms with van der Waals surface area (Å²) < 4.78 is 6.13. The van der Waals surface area contributed by atoms with E-state index in [0.717, 1.165) is 4.47 Å². The third-order valence-corrected chi connectivity index (χ3v) is 3.65. The highest BCUT2D eigenvalue weighted by atomic mass is 79.9. The van der Waals surface area contributed by atoms with Crippen LogP contribution < -0.4 is 15.8 Å². The van der Waals surface area contributed by atoms with Crippen LogP contribution >= 0.6 is 27.5 Å². The lowest BCUT2D eigenvalue weighted by Crippen LogP contribution is -2.28. The van der Waals surface area contributed by atoms with Crippen molar-refractivity contribution in [2.45, 2.75) is 6.04 Å². The lowest BCUT2D eigenvalue weighted by molar-refractivity contribution is -0.118. The quantitative estimate of drug-likeness (QED) is 0.843. The van der Waals surface area contributed by atoms with Crippen LogP contribution in [0.2, 0.25) is 5.02 Å². The zero-order valence-corrected chi connectivity index (χ0v) is 13.6. The SMILES string of the molecule is COc1ccc(Br)cc1C(Nc1cccc(Cl)c1)C(N)=O. The molecule has 0 aliphatic carbocycles. The first kappa shape index (κ1) is 15.7. The fraction of sp³-hybridized carbons (Fsp3) is 0.133. The fourth-order valence-corrected chi connectivity index (χ4v) is 2.55. The van der Waals surface area contributed by atoms with Crippen molar-refractivity contribution in [2.24, 2.45) is 5.73 Å². The molecule has 0 fully saturated rings. The summed E-state index contributed by atoms with van der Waals surface area (Å²) in [6.07, 6.45) is 0. The molecule has 1 unspecified atom stereocenters. The van der Waals surface area contributed by atoms with Gasteiger partial charge in [0.05, 0.1) is 7.11 Å². The predicted molar refractivity (Wildman–Crippen MR) is 87.7 cm³/mol. The summed E-state index contributed by atoms with van der Waals surface area (Å²) in [5.41, 5.74) is 6.88. The topological polar surface area (TPSA) is 64.3 Å². The number of nitrogens with two attached hydrogens (primary N) is 1. The minimum Gasteiger partial charge on any atom is -0.496 e. The van der Waals surface area contributed by atoms with Gasteiger partial charge in [0.25, 0.3) is 0 Å². The van der Waals surface area contributed by atoms with Gasteiger partial charge < -0.3 is 15.8 Å². The van der Waals surface area contributed by atoms with E-state index in [1.165, 1.54) is 0 Å². The number of carbonyl (C=O) groups is 1. The van der Waals surface area contributed by atoms with Gasteiger partial charge in [-0.25, -0.2) is 0 Å². The maximum Gasteiger partial charge on any atom is 0.244 e. The number of halogens is 2. The van der Waals surface area contributed by atoms with E-state index >= 15 is 0 Å². The largest absolute Gasteiger partial charge is 0.496 e. The highest BCUT2D eigenvalue weighted by molar-refractivity contribution is 9.10. The first-order valence-electron chi connectivity index (χ1n) is 6.16. The smallest absolute Gasteiger partial charge is 0.244 e. The Kier molecular flexibility index (Phi) is 5.09. The van der Waals surface area contributed by atoms with E-state index < -0.39 is 11.9 Å². The Hall–Kier alpha value is -1.72. The maximum absolute atomic E-state index is 11.8.